The number of methoxy groups -OCH3 is 1. The van der Waals surface area contributed by atoms with Crippen LogP contribution in [0, 0.1) is 0 Å². The molecule has 0 saturated carbocycles. The molecule has 1 aromatic carbocycles. The third-order valence-electron chi connectivity index (χ3n) is 4.56. The smallest absolute Gasteiger partial charge is 0.254 e. The largest absolute Gasteiger partial charge is 0.497 e. The quantitative estimate of drug-likeness (QED) is 0.897. The van der Waals surface area contributed by atoms with Crippen molar-refractivity contribution in [1.82, 2.24) is 15.2 Å². The summed E-state index contributed by atoms with van der Waals surface area (Å²) in [5.74, 6) is 0.600. The van der Waals surface area contributed by atoms with Gasteiger partial charge in [0.2, 0.25) is 5.91 Å². The van der Waals surface area contributed by atoms with Gasteiger partial charge in [-0.2, -0.15) is 0 Å². The fraction of sp³-hybridized carbons (Fsp3) is 0.350. The maximum atomic E-state index is 12.9. The predicted molar refractivity (Wildman–Crippen MR) is 97.8 cm³/mol. The monoisotopic (exact) mass is 353 g/mol. The zero-order valence-corrected chi connectivity index (χ0v) is 15.1. The summed E-state index contributed by atoms with van der Waals surface area (Å²) in [6.45, 7) is 2.66. The average Bonchev–Trinajstić information content (AvgIpc) is 3.16. The van der Waals surface area contributed by atoms with Crippen LogP contribution in [0.1, 0.15) is 47.4 Å². The molecule has 2 amide bonds. The Labute approximate surface area is 153 Å². The molecule has 3 rings (SSSR count). The second kappa shape index (κ2) is 7.99. The number of nitrogens with zero attached hydrogens (tertiary/aromatic N) is 2. The first-order valence-electron chi connectivity index (χ1n) is 8.73. The molecule has 2 heterocycles. The molecule has 1 atom stereocenters. The summed E-state index contributed by atoms with van der Waals surface area (Å²) in [5, 5.41) is 2.75. The van der Waals surface area contributed by atoms with Crippen LogP contribution in [0.5, 0.6) is 5.75 Å². The number of aromatic nitrogens is 1. The summed E-state index contributed by atoms with van der Waals surface area (Å²) >= 11 is 0. The van der Waals surface area contributed by atoms with E-state index < -0.39 is 0 Å². The Morgan fingerprint density at radius 1 is 1.31 bits per heavy atom. The fourth-order valence-electron chi connectivity index (χ4n) is 3.20. The maximum absolute atomic E-state index is 12.9. The van der Waals surface area contributed by atoms with E-state index in [1.165, 1.54) is 6.92 Å². The molecule has 1 aliphatic heterocycles. The molecular weight excluding hydrogens is 330 g/mol. The number of carbonyl (C=O) groups is 2. The van der Waals surface area contributed by atoms with Crippen molar-refractivity contribution in [1.29, 1.82) is 0 Å². The summed E-state index contributed by atoms with van der Waals surface area (Å²) < 4.78 is 5.22. The van der Waals surface area contributed by atoms with Crippen LogP contribution in [0.15, 0.2) is 42.6 Å². The molecule has 6 heteroatoms. The minimum Gasteiger partial charge on any atom is -0.497 e. The first kappa shape index (κ1) is 17.9. The summed E-state index contributed by atoms with van der Waals surface area (Å²) in [7, 11) is 1.59. The van der Waals surface area contributed by atoms with E-state index in [-0.39, 0.29) is 17.9 Å². The number of benzene rings is 1. The lowest BCUT2D eigenvalue weighted by Gasteiger charge is -2.24. The van der Waals surface area contributed by atoms with E-state index in [0.29, 0.717) is 17.9 Å². The lowest BCUT2D eigenvalue weighted by atomic mass is 10.1. The molecule has 136 valence electrons. The van der Waals surface area contributed by atoms with Gasteiger partial charge in [-0.15, -0.1) is 0 Å². The van der Waals surface area contributed by atoms with Gasteiger partial charge in [-0.05, 0) is 42.7 Å². The first-order valence-corrected chi connectivity index (χ1v) is 8.73. The van der Waals surface area contributed by atoms with Crippen LogP contribution in [0.2, 0.25) is 0 Å². The van der Waals surface area contributed by atoms with E-state index in [0.717, 1.165) is 30.6 Å². The minimum absolute atomic E-state index is 0.00415. The van der Waals surface area contributed by atoms with E-state index in [4.69, 9.17) is 4.74 Å². The molecule has 0 bridgehead atoms. The van der Waals surface area contributed by atoms with Gasteiger partial charge >= 0.3 is 0 Å². The first-order chi connectivity index (χ1) is 12.6. The summed E-state index contributed by atoms with van der Waals surface area (Å²) in [6.07, 6.45) is 3.61. The van der Waals surface area contributed by atoms with E-state index in [1.54, 1.807) is 19.4 Å². The Hall–Kier alpha value is -2.89. The Kier molecular flexibility index (Phi) is 5.51. The normalized spacial score (nSPS) is 16.4. The van der Waals surface area contributed by atoms with Gasteiger partial charge in [0.15, 0.2) is 0 Å². The zero-order valence-electron chi connectivity index (χ0n) is 15.1. The van der Waals surface area contributed by atoms with Gasteiger partial charge in [-0.1, -0.05) is 12.1 Å². The second-order valence-corrected chi connectivity index (χ2v) is 6.39. The minimum atomic E-state index is -0.0695. The number of ether oxygens (including phenoxy) is 1. The molecule has 0 spiro atoms. The van der Waals surface area contributed by atoms with Crippen LogP contribution in [0.25, 0.3) is 0 Å². The van der Waals surface area contributed by atoms with Crippen molar-refractivity contribution in [2.45, 2.75) is 32.4 Å². The molecule has 0 radical (unpaired) electrons. The average molecular weight is 353 g/mol. The highest BCUT2D eigenvalue weighted by atomic mass is 16.5. The van der Waals surface area contributed by atoms with Crippen molar-refractivity contribution in [3.05, 3.63) is 59.4 Å². The molecule has 1 unspecified atom stereocenters. The van der Waals surface area contributed by atoms with Gasteiger partial charge in [-0.3, -0.25) is 14.6 Å². The Morgan fingerprint density at radius 2 is 2.15 bits per heavy atom. The highest BCUT2D eigenvalue weighted by molar-refractivity contribution is 5.95. The third kappa shape index (κ3) is 4.02. The van der Waals surface area contributed by atoms with Gasteiger partial charge in [0.05, 0.1) is 18.8 Å². The SMILES string of the molecule is COc1cccc(C(=O)N2CCCC2c2ccc(CNC(C)=O)cn2)c1. The number of amides is 2. The van der Waals surface area contributed by atoms with Crippen LogP contribution < -0.4 is 10.1 Å². The molecule has 1 fully saturated rings. The van der Waals surface area contributed by atoms with Gasteiger partial charge in [0.1, 0.15) is 5.75 Å². The number of carbonyl (C=O) groups excluding carboxylic acids is 2. The molecule has 1 N–H and O–H groups in total. The molecule has 1 aromatic heterocycles. The molecule has 1 saturated heterocycles. The maximum Gasteiger partial charge on any atom is 0.254 e. The molecular formula is C20H23N3O3. The standard InChI is InChI=1S/C20H23N3O3/c1-14(24)21-12-15-8-9-18(22-13-15)19-7-4-10-23(19)20(25)16-5-3-6-17(11-16)26-2/h3,5-6,8-9,11,13,19H,4,7,10,12H2,1-2H3,(H,21,24). The number of likely N-dealkylation sites (tertiary alicyclic amines) is 1. The van der Waals surface area contributed by atoms with Gasteiger partial charge in [0, 0.05) is 31.8 Å². The lowest BCUT2D eigenvalue weighted by molar-refractivity contribution is -0.119. The van der Waals surface area contributed by atoms with Crippen molar-refractivity contribution in [2.75, 3.05) is 13.7 Å². The van der Waals surface area contributed by atoms with E-state index in [9.17, 15) is 9.59 Å². The molecule has 2 aromatic rings. The fourth-order valence-corrected chi connectivity index (χ4v) is 3.20. The van der Waals surface area contributed by atoms with Crippen molar-refractivity contribution >= 4 is 11.8 Å². The van der Waals surface area contributed by atoms with Gasteiger partial charge in [-0.25, -0.2) is 0 Å². The predicted octanol–water partition coefficient (Wildman–Crippen LogP) is 2.70. The molecule has 6 nitrogen and oxygen atoms in total. The van der Waals surface area contributed by atoms with E-state index in [1.807, 2.05) is 35.2 Å². The number of hydrogen-bond donors (Lipinski definition) is 1. The van der Waals surface area contributed by atoms with Crippen LogP contribution in [-0.4, -0.2) is 35.4 Å². The highest BCUT2D eigenvalue weighted by Gasteiger charge is 2.31. The van der Waals surface area contributed by atoms with Crippen LogP contribution in [-0.2, 0) is 11.3 Å². The third-order valence-corrected chi connectivity index (χ3v) is 4.56. The van der Waals surface area contributed by atoms with Crippen molar-refractivity contribution in [3.8, 4) is 5.75 Å². The zero-order chi connectivity index (χ0) is 18.5. The lowest BCUT2D eigenvalue weighted by Crippen LogP contribution is -2.31. The Morgan fingerprint density at radius 3 is 2.85 bits per heavy atom. The van der Waals surface area contributed by atoms with Crippen LogP contribution in [0.4, 0.5) is 0 Å². The number of rotatable bonds is 5. The Balaban J connectivity index is 1.75. The molecule has 0 aliphatic carbocycles. The van der Waals surface area contributed by atoms with E-state index in [2.05, 4.69) is 10.3 Å². The highest BCUT2D eigenvalue weighted by Crippen LogP contribution is 2.32. The van der Waals surface area contributed by atoms with Gasteiger partial charge < -0.3 is 15.0 Å². The summed E-state index contributed by atoms with van der Waals surface area (Å²) in [6, 6.07) is 11.1. The number of pyridine rings is 1. The number of nitrogens with one attached hydrogen (secondary N) is 1. The second-order valence-electron chi connectivity index (χ2n) is 6.39. The van der Waals surface area contributed by atoms with Gasteiger partial charge in [0.25, 0.3) is 5.91 Å². The Bertz CT molecular complexity index is 789. The van der Waals surface area contributed by atoms with Crippen LogP contribution in [0.3, 0.4) is 0 Å². The molecule has 1 aliphatic rings. The van der Waals surface area contributed by atoms with E-state index >= 15 is 0 Å². The van der Waals surface area contributed by atoms with Crippen molar-refractivity contribution in [3.63, 3.8) is 0 Å². The summed E-state index contributed by atoms with van der Waals surface area (Å²) in [5.41, 5.74) is 2.44. The van der Waals surface area contributed by atoms with Crippen molar-refractivity contribution < 1.29 is 14.3 Å². The van der Waals surface area contributed by atoms with Crippen molar-refractivity contribution in [2.24, 2.45) is 0 Å². The number of hydrogen-bond acceptors (Lipinski definition) is 4. The summed E-state index contributed by atoms with van der Waals surface area (Å²) in [4.78, 5) is 30.4. The topological polar surface area (TPSA) is 71.5 Å². The van der Waals surface area contributed by atoms with Crippen LogP contribution >= 0.6 is 0 Å². The molecule has 26 heavy (non-hydrogen) atoms.